The highest BCUT2D eigenvalue weighted by atomic mass is 16.3. The summed E-state index contributed by atoms with van der Waals surface area (Å²) in [7, 11) is 0. The van der Waals surface area contributed by atoms with Crippen molar-refractivity contribution >= 4 is 5.91 Å². The number of aliphatic hydroxyl groups excluding tert-OH is 1. The quantitative estimate of drug-likeness (QED) is 0.698. The summed E-state index contributed by atoms with van der Waals surface area (Å²) in [5.41, 5.74) is 0.178. The van der Waals surface area contributed by atoms with E-state index in [0.29, 0.717) is 19.5 Å². The van der Waals surface area contributed by atoms with Crippen LogP contribution in [0.3, 0.4) is 0 Å². The van der Waals surface area contributed by atoms with E-state index in [-0.39, 0.29) is 17.9 Å². The molecule has 1 fully saturated rings. The lowest BCUT2D eigenvalue weighted by Crippen LogP contribution is -2.31. The van der Waals surface area contributed by atoms with E-state index < -0.39 is 0 Å². The van der Waals surface area contributed by atoms with Gasteiger partial charge in [-0.1, -0.05) is 0 Å². The zero-order valence-corrected chi connectivity index (χ0v) is 9.80. The topological polar surface area (TPSA) is 80.0 Å². The second kappa shape index (κ2) is 5.27. The van der Waals surface area contributed by atoms with Crippen LogP contribution in [-0.2, 0) is 11.3 Å². The Morgan fingerprint density at radius 2 is 2.35 bits per heavy atom. The van der Waals surface area contributed by atoms with Crippen LogP contribution in [0.4, 0.5) is 0 Å². The Hall–Kier alpha value is -1.43. The van der Waals surface area contributed by atoms with E-state index in [9.17, 15) is 4.79 Å². The molecule has 1 amide bonds. The molecule has 1 aromatic heterocycles. The molecule has 1 aliphatic carbocycles. The number of hydrogen-bond acceptors (Lipinski definition) is 4. The molecule has 2 rings (SSSR count). The summed E-state index contributed by atoms with van der Waals surface area (Å²) in [6, 6.07) is 0. The van der Waals surface area contributed by atoms with Crippen LogP contribution < -0.4 is 5.32 Å². The Balaban J connectivity index is 1.64. The Labute approximate surface area is 100 Å². The van der Waals surface area contributed by atoms with Gasteiger partial charge in [-0.3, -0.25) is 9.48 Å². The molecule has 0 spiro atoms. The monoisotopic (exact) mass is 238 g/mol. The molecule has 6 heteroatoms. The van der Waals surface area contributed by atoms with Crippen molar-refractivity contribution in [1.29, 1.82) is 0 Å². The molecule has 0 atom stereocenters. The van der Waals surface area contributed by atoms with Crippen molar-refractivity contribution < 1.29 is 9.90 Å². The first-order valence-electron chi connectivity index (χ1n) is 5.94. The van der Waals surface area contributed by atoms with E-state index in [1.54, 1.807) is 11.0 Å². The van der Waals surface area contributed by atoms with Crippen LogP contribution >= 0.6 is 0 Å². The van der Waals surface area contributed by atoms with Crippen LogP contribution in [0, 0.1) is 5.41 Å². The lowest BCUT2D eigenvalue weighted by atomic mass is 10.0. The van der Waals surface area contributed by atoms with Gasteiger partial charge in [0.15, 0.2) is 0 Å². The summed E-state index contributed by atoms with van der Waals surface area (Å²) >= 11 is 0. The summed E-state index contributed by atoms with van der Waals surface area (Å²) in [4.78, 5) is 15.4. The summed E-state index contributed by atoms with van der Waals surface area (Å²) in [6.45, 7) is 1.44. The summed E-state index contributed by atoms with van der Waals surface area (Å²) in [5.74, 6) is 0.0321. The smallest absolute Gasteiger partial charge is 0.221 e. The fraction of sp³-hybridized carbons (Fsp3) is 0.727. The van der Waals surface area contributed by atoms with Gasteiger partial charge in [-0.25, -0.2) is 4.98 Å². The van der Waals surface area contributed by atoms with Crippen LogP contribution in [0.15, 0.2) is 12.7 Å². The summed E-state index contributed by atoms with van der Waals surface area (Å²) < 4.78 is 1.64. The lowest BCUT2D eigenvalue weighted by Gasteiger charge is -2.14. The molecule has 1 aromatic rings. The molecule has 0 bridgehead atoms. The van der Waals surface area contributed by atoms with E-state index in [4.69, 9.17) is 5.11 Å². The van der Waals surface area contributed by atoms with Crippen molar-refractivity contribution in [3.05, 3.63) is 12.7 Å². The number of nitrogens with zero attached hydrogens (tertiary/aromatic N) is 3. The van der Waals surface area contributed by atoms with Crippen LogP contribution in [-0.4, -0.2) is 38.9 Å². The van der Waals surface area contributed by atoms with Crippen LogP contribution in [0.1, 0.15) is 25.7 Å². The minimum atomic E-state index is 0.0321. The first kappa shape index (κ1) is 12.0. The van der Waals surface area contributed by atoms with Gasteiger partial charge < -0.3 is 10.4 Å². The first-order valence-corrected chi connectivity index (χ1v) is 5.94. The third-order valence-electron chi connectivity index (χ3n) is 3.29. The number of amides is 1. The maximum Gasteiger partial charge on any atom is 0.221 e. The third kappa shape index (κ3) is 3.52. The molecule has 1 heterocycles. The van der Waals surface area contributed by atoms with Crippen LogP contribution in [0.25, 0.3) is 0 Å². The highest BCUT2D eigenvalue weighted by Crippen LogP contribution is 2.47. The Morgan fingerprint density at radius 1 is 1.53 bits per heavy atom. The van der Waals surface area contributed by atoms with Crippen molar-refractivity contribution in [2.75, 3.05) is 13.2 Å². The molecule has 6 nitrogen and oxygen atoms in total. The number of aryl methyl sites for hydroxylation is 1. The molecule has 0 unspecified atom stereocenters. The minimum Gasteiger partial charge on any atom is -0.396 e. The van der Waals surface area contributed by atoms with Crippen LogP contribution in [0.2, 0.25) is 0 Å². The number of carbonyl (C=O) groups excluding carboxylic acids is 1. The normalized spacial score (nSPS) is 16.8. The molecule has 0 saturated heterocycles. The fourth-order valence-corrected chi connectivity index (χ4v) is 1.87. The molecular formula is C11H18N4O2. The molecule has 0 aromatic carbocycles. The number of aromatic nitrogens is 3. The molecule has 1 aliphatic rings. The SMILES string of the molecule is O=C(CCn1cncn1)NCC1(CCO)CC1. The Bertz CT molecular complexity index is 360. The van der Waals surface area contributed by atoms with Crippen molar-refractivity contribution in [3.8, 4) is 0 Å². The Kier molecular flexibility index (Phi) is 3.73. The fourth-order valence-electron chi connectivity index (χ4n) is 1.87. The number of hydrogen-bond donors (Lipinski definition) is 2. The standard InChI is InChI=1S/C11H18N4O2/c16-6-4-11(2-3-11)7-13-10(17)1-5-15-9-12-8-14-15/h8-9,16H,1-7H2,(H,13,17). The highest BCUT2D eigenvalue weighted by molar-refractivity contribution is 5.75. The zero-order chi connectivity index (χ0) is 12.1. The van der Waals surface area contributed by atoms with Gasteiger partial charge in [0.25, 0.3) is 0 Å². The maximum atomic E-state index is 11.6. The second-order valence-corrected chi connectivity index (χ2v) is 4.66. The number of nitrogens with one attached hydrogen (secondary N) is 1. The molecular weight excluding hydrogens is 220 g/mol. The van der Waals surface area contributed by atoms with E-state index >= 15 is 0 Å². The van der Waals surface area contributed by atoms with Gasteiger partial charge >= 0.3 is 0 Å². The van der Waals surface area contributed by atoms with Gasteiger partial charge in [-0.2, -0.15) is 5.10 Å². The average molecular weight is 238 g/mol. The molecule has 0 aliphatic heterocycles. The van der Waals surface area contributed by atoms with Crippen molar-refractivity contribution in [2.45, 2.75) is 32.2 Å². The van der Waals surface area contributed by atoms with Gasteiger partial charge in [0.2, 0.25) is 5.91 Å². The predicted molar refractivity (Wildman–Crippen MR) is 61.0 cm³/mol. The van der Waals surface area contributed by atoms with Gasteiger partial charge in [0.05, 0.1) is 6.54 Å². The van der Waals surface area contributed by atoms with Crippen molar-refractivity contribution in [2.24, 2.45) is 5.41 Å². The maximum absolute atomic E-state index is 11.6. The minimum absolute atomic E-state index is 0.0321. The molecule has 17 heavy (non-hydrogen) atoms. The van der Waals surface area contributed by atoms with E-state index in [0.717, 1.165) is 19.3 Å². The van der Waals surface area contributed by atoms with Crippen LogP contribution in [0.5, 0.6) is 0 Å². The van der Waals surface area contributed by atoms with E-state index in [2.05, 4.69) is 15.4 Å². The van der Waals surface area contributed by atoms with Gasteiger partial charge in [-0.15, -0.1) is 0 Å². The Morgan fingerprint density at radius 3 is 2.94 bits per heavy atom. The third-order valence-corrected chi connectivity index (χ3v) is 3.29. The molecule has 0 radical (unpaired) electrons. The van der Waals surface area contributed by atoms with Crippen molar-refractivity contribution in [3.63, 3.8) is 0 Å². The van der Waals surface area contributed by atoms with E-state index in [1.807, 2.05) is 0 Å². The zero-order valence-electron chi connectivity index (χ0n) is 9.80. The number of carbonyl (C=O) groups is 1. The second-order valence-electron chi connectivity index (χ2n) is 4.66. The summed E-state index contributed by atoms with van der Waals surface area (Å²) in [6.07, 6.45) is 6.47. The summed E-state index contributed by atoms with van der Waals surface area (Å²) in [5, 5.41) is 15.8. The molecule has 1 saturated carbocycles. The predicted octanol–water partition coefficient (Wildman–Crippen LogP) is -0.0530. The number of rotatable bonds is 7. The first-order chi connectivity index (χ1) is 8.24. The van der Waals surface area contributed by atoms with E-state index in [1.165, 1.54) is 6.33 Å². The van der Waals surface area contributed by atoms with Gasteiger partial charge in [0, 0.05) is 19.6 Å². The average Bonchev–Trinajstić information content (AvgIpc) is 2.90. The van der Waals surface area contributed by atoms with Gasteiger partial charge in [0.1, 0.15) is 12.7 Å². The van der Waals surface area contributed by atoms with Crippen molar-refractivity contribution in [1.82, 2.24) is 20.1 Å². The largest absolute Gasteiger partial charge is 0.396 e. The lowest BCUT2D eigenvalue weighted by molar-refractivity contribution is -0.121. The highest BCUT2D eigenvalue weighted by Gasteiger charge is 2.41. The molecule has 2 N–H and O–H groups in total. The number of aliphatic hydroxyl groups is 1. The molecule has 94 valence electrons. The van der Waals surface area contributed by atoms with Gasteiger partial charge in [-0.05, 0) is 24.7 Å².